The van der Waals surface area contributed by atoms with Gasteiger partial charge < -0.3 is 15.7 Å². The second-order valence-electron chi connectivity index (χ2n) is 4.81. The number of amides is 1. The maximum absolute atomic E-state index is 12.0. The number of nitrogens with one attached hydrogen (secondary N) is 2. The number of anilines is 1. The molecular formula is C13H20N4O2. The van der Waals surface area contributed by atoms with E-state index in [1.807, 2.05) is 6.92 Å². The summed E-state index contributed by atoms with van der Waals surface area (Å²) in [6.45, 7) is 2.74. The molecule has 0 bridgehead atoms. The molecule has 0 unspecified atom stereocenters. The van der Waals surface area contributed by atoms with Crippen LogP contribution < -0.4 is 10.6 Å². The van der Waals surface area contributed by atoms with Crippen LogP contribution in [-0.4, -0.2) is 39.9 Å². The predicted octanol–water partition coefficient (Wildman–Crippen LogP) is 0.942. The Morgan fingerprint density at radius 3 is 2.63 bits per heavy atom. The summed E-state index contributed by atoms with van der Waals surface area (Å²) in [5, 5.41) is 23.2. The lowest BCUT2D eigenvalue weighted by Crippen LogP contribution is -2.39. The molecule has 0 saturated heterocycles. The zero-order valence-corrected chi connectivity index (χ0v) is 11.1. The van der Waals surface area contributed by atoms with Crippen molar-refractivity contribution in [3.63, 3.8) is 0 Å². The van der Waals surface area contributed by atoms with Crippen molar-refractivity contribution < 1.29 is 9.90 Å². The van der Waals surface area contributed by atoms with E-state index in [0.717, 1.165) is 32.2 Å². The maximum Gasteiger partial charge on any atom is 0.272 e. The van der Waals surface area contributed by atoms with Gasteiger partial charge in [0.05, 0.1) is 6.10 Å². The van der Waals surface area contributed by atoms with Crippen molar-refractivity contribution in [3.05, 3.63) is 17.8 Å². The highest BCUT2D eigenvalue weighted by molar-refractivity contribution is 5.92. The standard InChI is InChI=1S/C13H20N4O2/c1-2-14-12-8-7-11(16-17-12)13(19)15-9-3-5-10(18)6-4-9/h7-10,18H,2-6H2,1H3,(H,14,17)(H,15,19). The molecule has 1 aliphatic carbocycles. The normalized spacial score (nSPS) is 22.8. The Bertz CT molecular complexity index is 413. The number of hydrogen-bond acceptors (Lipinski definition) is 5. The van der Waals surface area contributed by atoms with Crippen molar-refractivity contribution in [2.24, 2.45) is 0 Å². The minimum Gasteiger partial charge on any atom is -0.393 e. The molecule has 0 spiro atoms. The van der Waals surface area contributed by atoms with E-state index < -0.39 is 0 Å². The average Bonchev–Trinajstić information content (AvgIpc) is 2.42. The van der Waals surface area contributed by atoms with E-state index in [4.69, 9.17) is 0 Å². The summed E-state index contributed by atoms with van der Waals surface area (Å²) < 4.78 is 0. The first-order valence-corrected chi connectivity index (χ1v) is 6.75. The van der Waals surface area contributed by atoms with E-state index in [2.05, 4.69) is 20.8 Å². The molecular weight excluding hydrogens is 244 g/mol. The summed E-state index contributed by atoms with van der Waals surface area (Å²) in [4.78, 5) is 12.0. The molecule has 19 heavy (non-hydrogen) atoms. The van der Waals surface area contributed by atoms with Gasteiger partial charge >= 0.3 is 0 Å². The van der Waals surface area contributed by atoms with Gasteiger partial charge in [0, 0.05) is 12.6 Å². The number of carbonyl (C=O) groups is 1. The fourth-order valence-corrected chi connectivity index (χ4v) is 2.21. The quantitative estimate of drug-likeness (QED) is 0.753. The molecule has 1 amide bonds. The lowest BCUT2D eigenvalue weighted by Gasteiger charge is -2.25. The van der Waals surface area contributed by atoms with Gasteiger partial charge in [0.1, 0.15) is 5.82 Å². The van der Waals surface area contributed by atoms with Gasteiger partial charge in [-0.15, -0.1) is 10.2 Å². The number of aliphatic hydroxyl groups excluding tert-OH is 1. The largest absolute Gasteiger partial charge is 0.393 e. The zero-order valence-electron chi connectivity index (χ0n) is 11.1. The lowest BCUT2D eigenvalue weighted by atomic mass is 9.93. The Balaban J connectivity index is 1.88. The van der Waals surface area contributed by atoms with E-state index in [1.54, 1.807) is 12.1 Å². The highest BCUT2D eigenvalue weighted by Gasteiger charge is 2.21. The van der Waals surface area contributed by atoms with Crippen LogP contribution in [-0.2, 0) is 0 Å². The number of hydrogen-bond donors (Lipinski definition) is 3. The van der Waals surface area contributed by atoms with Crippen LogP contribution in [0.4, 0.5) is 5.82 Å². The van der Waals surface area contributed by atoms with E-state index >= 15 is 0 Å². The van der Waals surface area contributed by atoms with Crippen molar-refractivity contribution in [1.29, 1.82) is 0 Å². The first-order chi connectivity index (χ1) is 9.19. The number of carbonyl (C=O) groups excluding carboxylic acids is 1. The number of aromatic nitrogens is 2. The maximum atomic E-state index is 12.0. The van der Waals surface area contributed by atoms with E-state index in [0.29, 0.717) is 11.5 Å². The fraction of sp³-hybridized carbons (Fsp3) is 0.615. The molecule has 3 N–H and O–H groups in total. The molecule has 6 heteroatoms. The molecule has 1 aromatic rings. The van der Waals surface area contributed by atoms with Crippen molar-refractivity contribution in [1.82, 2.24) is 15.5 Å². The molecule has 1 aliphatic rings. The molecule has 2 rings (SSSR count). The molecule has 1 saturated carbocycles. The Hall–Kier alpha value is -1.69. The summed E-state index contributed by atoms with van der Waals surface area (Å²) in [6.07, 6.45) is 2.91. The van der Waals surface area contributed by atoms with Crippen LogP contribution in [0.15, 0.2) is 12.1 Å². The summed E-state index contributed by atoms with van der Waals surface area (Å²) in [7, 11) is 0. The molecule has 104 valence electrons. The first kappa shape index (κ1) is 13.7. The van der Waals surface area contributed by atoms with Crippen molar-refractivity contribution in [3.8, 4) is 0 Å². The fourth-order valence-electron chi connectivity index (χ4n) is 2.21. The molecule has 0 radical (unpaired) electrons. The zero-order chi connectivity index (χ0) is 13.7. The summed E-state index contributed by atoms with van der Waals surface area (Å²) in [6, 6.07) is 3.54. The highest BCUT2D eigenvalue weighted by Crippen LogP contribution is 2.18. The Labute approximate surface area is 112 Å². The number of nitrogens with zero attached hydrogens (tertiary/aromatic N) is 2. The lowest BCUT2D eigenvalue weighted by molar-refractivity contribution is 0.0862. The Kier molecular flexibility index (Phi) is 4.68. The smallest absolute Gasteiger partial charge is 0.272 e. The third-order valence-corrected chi connectivity index (χ3v) is 3.29. The van der Waals surface area contributed by atoms with Gasteiger partial charge in [-0.1, -0.05) is 0 Å². The molecule has 0 aromatic carbocycles. The van der Waals surface area contributed by atoms with Crippen LogP contribution in [0.1, 0.15) is 43.1 Å². The first-order valence-electron chi connectivity index (χ1n) is 6.75. The van der Waals surface area contributed by atoms with Crippen LogP contribution in [0.3, 0.4) is 0 Å². The molecule has 6 nitrogen and oxygen atoms in total. The van der Waals surface area contributed by atoms with Crippen LogP contribution in [0.25, 0.3) is 0 Å². The average molecular weight is 264 g/mol. The van der Waals surface area contributed by atoms with Crippen LogP contribution >= 0.6 is 0 Å². The SMILES string of the molecule is CCNc1ccc(C(=O)NC2CCC(O)CC2)nn1. The second-order valence-corrected chi connectivity index (χ2v) is 4.81. The molecule has 1 aromatic heterocycles. The minimum absolute atomic E-state index is 0.131. The van der Waals surface area contributed by atoms with Gasteiger partial charge in [-0.05, 0) is 44.7 Å². The van der Waals surface area contributed by atoms with Gasteiger partial charge in [0.2, 0.25) is 0 Å². The van der Waals surface area contributed by atoms with Crippen molar-refractivity contribution >= 4 is 11.7 Å². The van der Waals surface area contributed by atoms with Crippen molar-refractivity contribution in [2.45, 2.75) is 44.8 Å². The summed E-state index contributed by atoms with van der Waals surface area (Å²) in [5.41, 5.74) is 0.327. The highest BCUT2D eigenvalue weighted by atomic mass is 16.3. The predicted molar refractivity (Wildman–Crippen MR) is 71.9 cm³/mol. The molecule has 0 aliphatic heterocycles. The summed E-state index contributed by atoms with van der Waals surface area (Å²) >= 11 is 0. The molecule has 0 atom stereocenters. The number of aliphatic hydroxyl groups is 1. The van der Waals surface area contributed by atoms with Crippen LogP contribution in [0.2, 0.25) is 0 Å². The van der Waals surface area contributed by atoms with E-state index in [1.165, 1.54) is 0 Å². The van der Waals surface area contributed by atoms with Gasteiger partial charge in [-0.3, -0.25) is 4.79 Å². The monoisotopic (exact) mass is 264 g/mol. The Morgan fingerprint density at radius 2 is 2.05 bits per heavy atom. The van der Waals surface area contributed by atoms with Gasteiger partial charge in [0.15, 0.2) is 5.69 Å². The molecule has 1 fully saturated rings. The van der Waals surface area contributed by atoms with Gasteiger partial charge in [-0.25, -0.2) is 0 Å². The Morgan fingerprint density at radius 1 is 1.32 bits per heavy atom. The van der Waals surface area contributed by atoms with E-state index in [-0.39, 0.29) is 18.1 Å². The third-order valence-electron chi connectivity index (χ3n) is 3.29. The minimum atomic E-state index is -0.215. The van der Waals surface area contributed by atoms with Gasteiger partial charge in [0.25, 0.3) is 5.91 Å². The number of rotatable bonds is 4. The van der Waals surface area contributed by atoms with Gasteiger partial charge in [-0.2, -0.15) is 0 Å². The van der Waals surface area contributed by atoms with Crippen molar-refractivity contribution in [2.75, 3.05) is 11.9 Å². The topological polar surface area (TPSA) is 87.1 Å². The molecule has 1 heterocycles. The third kappa shape index (κ3) is 3.89. The second kappa shape index (κ2) is 6.47. The van der Waals surface area contributed by atoms with Crippen LogP contribution in [0, 0.1) is 0 Å². The van der Waals surface area contributed by atoms with Crippen LogP contribution in [0.5, 0.6) is 0 Å². The summed E-state index contributed by atoms with van der Waals surface area (Å²) in [5.74, 6) is 0.469. The van der Waals surface area contributed by atoms with E-state index in [9.17, 15) is 9.90 Å².